The lowest BCUT2D eigenvalue weighted by atomic mass is 10.0. The number of carboxylic acid groups (broad SMARTS) is 1. The van der Waals surface area contributed by atoms with Crippen molar-refractivity contribution >= 4 is 17.5 Å². The van der Waals surface area contributed by atoms with Crippen molar-refractivity contribution in [2.45, 2.75) is 19.6 Å². The zero-order chi connectivity index (χ0) is 26.9. The summed E-state index contributed by atoms with van der Waals surface area (Å²) in [7, 11) is 1.53. The number of benzene rings is 2. The molecule has 1 atom stereocenters. The molecule has 0 aliphatic carbocycles. The number of aliphatic hydroxyl groups is 1. The van der Waals surface area contributed by atoms with Crippen LogP contribution < -0.4 is 21.5 Å². The number of aromatic nitrogens is 5. The molecule has 0 fully saturated rings. The van der Waals surface area contributed by atoms with Gasteiger partial charge in [-0.1, -0.05) is 6.07 Å². The number of methoxy groups -OCH3 is 1. The fraction of sp³-hybridized carbons (Fsp3) is 0.167. The first-order valence-corrected chi connectivity index (χ1v) is 10.9. The van der Waals surface area contributed by atoms with Crippen LogP contribution in [0.3, 0.4) is 0 Å². The molecule has 2 aromatic carbocycles. The summed E-state index contributed by atoms with van der Waals surface area (Å²) < 4.78 is 6.46. The van der Waals surface area contributed by atoms with Crippen LogP contribution in [-0.4, -0.2) is 53.9 Å². The number of nitrogens with one attached hydrogen (secondary N) is 3. The van der Waals surface area contributed by atoms with E-state index in [9.17, 15) is 9.90 Å². The third-order valence-electron chi connectivity index (χ3n) is 4.90. The Morgan fingerprint density at radius 2 is 1.86 bits per heavy atom. The lowest BCUT2D eigenvalue weighted by molar-refractivity contribution is -0.134. The van der Waals surface area contributed by atoms with E-state index in [0.717, 1.165) is 11.6 Å². The van der Waals surface area contributed by atoms with Crippen molar-refractivity contribution in [1.82, 2.24) is 24.7 Å². The number of aromatic amines is 1. The molecule has 2 heterocycles. The van der Waals surface area contributed by atoms with Crippen LogP contribution in [0, 0.1) is 5.41 Å². The minimum absolute atomic E-state index is 0.0376. The number of aliphatic hydroxyl groups excluding tert-OH is 1. The van der Waals surface area contributed by atoms with Gasteiger partial charge in [-0.3, -0.25) is 15.2 Å². The van der Waals surface area contributed by atoms with Crippen molar-refractivity contribution in [2.75, 3.05) is 12.4 Å². The van der Waals surface area contributed by atoms with E-state index in [4.69, 9.17) is 25.8 Å². The van der Waals surface area contributed by atoms with E-state index in [1.165, 1.54) is 19.5 Å². The normalized spacial score (nSPS) is 11.1. The topological polar surface area (TPSA) is 205 Å². The smallest absolute Gasteiger partial charge is 0.350 e. The van der Waals surface area contributed by atoms with Crippen molar-refractivity contribution in [3.05, 3.63) is 93.9 Å². The molecule has 0 aliphatic rings. The summed E-state index contributed by atoms with van der Waals surface area (Å²) in [5.41, 5.74) is 7.66. The third kappa shape index (κ3) is 6.99. The fourth-order valence-corrected chi connectivity index (χ4v) is 3.29. The van der Waals surface area contributed by atoms with Crippen LogP contribution in [0.2, 0.25) is 0 Å². The molecule has 37 heavy (non-hydrogen) atoms. The van der Waals surface area contributed by atoms with Gasteiger partial charge in [0.2, 0.25) is 0 Å². The monoisotopic (exact) mass is 506 g/mol. The van der Waals surface area contributed by atoms with Gasteiger partial charge < -0.3 is 26.0 Å². The number of carboxylic acids is 1. The number of nitrogens with two attached hydrogens (primary N) is 1. The predicted octanol–water partition coefficient (Wildman–Crippen LogP) is 1.43. The Balaban J connectivity index is 0.000000886. The molecule has 1 unspecified atom stereocenters. The predicted molar refractivity (Wildman–Crippen MR) is 135 cm³/mol. The van der Waals surface area contributed by atoms with Gasteiger partial charge in [-0.05, 0) is 53.6 Å². The van der Waals surface area contributed by atoms with Crippen molar-refractivity contribution < 1.29 is 19.7 Å². The molecule has 2 aromatic heterocycles. The summed E-state index contributed by atoms with van der Waals surface area (Å²) in [5.74, 6) is 0.115. The Labute approximate surface area is 211 Å². The summed E-state index contributed by atoms with van der Waals surface area (Å²) in [4.78, 5) is 32.6. The average molecular weight is 507 g/mol. The Kier molecular flexibility index (Phi) is 8.67. The average Bonchev–Trinajstić information content (AvgIpc) is 3.28. The minimum atomic E-state index is -0.833. The molecule has 4 aromatic rings. The van der Waals surface area contributed by atoms with E-state index in [2.05, 4.69) is 25.4 Å². The number of carbonyl (C=O) groups is 1. The standard InChI is InChI=1S/C22H22N8O3.C2H4O2/c1-33-17-10-13(12-31)9-15(11-17)18(27-16-5-3-14(4-6-16)19(23)24)20-28-22(32)30(29-20)21-25-7-2-8-26-21;1-2(3)4/h2-11,18,27,31H,12H2,1H3,(H3,23,24)(H,28,29,32);1H3,(H,3,4). The highest BCUT2D eigenvalue weighted by Gasteiger charge is 2.22. The zero-order valence-electron chi connectivity index (χ0n) is 20.0. The number of rotatable bonds is 8. The number of aliphatic carboxylic acids is 1. The minimum Gasteiger partial charge on any atom is -0.497 e. The van der Waals surface area contributed by atoms with E-state index in [-0.39, 0.29) is 18.4 Å². The highest BCUT2D eigenvalue weighted by atomic mass is 16.5. The second kappa shape index (κ2) is 12.1. The van der Waals surface area contributed by atoms with Crippen LogP contribution in [0.1, 0.15) is 35.5 Å². The molecule has 0 saturated carbocycles. The summed E-state index contributed by atoms with van der Waals surface area (Å²) in [6.07, 6.45) is 3.04. The Bertz CT molecular complexity index is 1390. The molecule has 13 heteroatoms. The number of hydrogen-bond donors (Lipinski definition) is 6. The largest absolute Gasteiger partial charge is 0.497 e. The van der Waals surface area contributed by atoms with E-state index in [0.29, 0.717) is 34.0 Å². The van der Waals surface area contributed by atoms with Crippen LogP contribution in [0.25, 0.3) is 5.95 Å². The number of ether oxygens (including phenoxy) is 1. The van der Waals surface area contributed by atoms with Crippen LogP contribution in [0.5, 0.6) is 5.75 Å². The molecule has 0 spiro atoms. The summed E-state index contributed by atoms with van der Waals surface area (Å²) in [6, 6.07) is 13.3. The van der Waals surface area contributed by atoms with Gasteiger partial charge >= 0.3 is 5.69 Å². The summed E-state index contributed by atoms with van der Waals surface area (Å²) in [5, 5.41) is 32.4. The summed E-state index contributed by atoms with van der Waals surface area (Å²) in [6.45, 7) is 0.896. The lowest BCUT2D eigenvalue weighted by Gasteiger charge is -2.20. The molecule has 0 aliphatic heterocycles. The second-order valence-corrected chi connectivity index (χ2v) is 7.64. The number of nitrogen functional groups attached to an aromatic ring is 1. The molecule has 192 valence electrons. The van der Waals surface area contributed by atoms with E-state index < -0.39 is 17.7 Å². The van der Waals surface area contributed by atoms with Crippen LogP contribution in [0.15, 0.2) is 65.7 Å². The van der Waals surface area contributed by atoms with Crippen molar-refractivity contribution in [3.8, 4) is 11.7 Å². The number of nitrogens with zero attached hydrogens (tertiary/aromatic N) is 4. The number of H-pyrrole nitrogens is 1. The van der Waals surface area contributed by atoms with Crippen molar-refractivity contribution in [3.63, 3.8) is 0 Å². The van der Waals surface area contributed by atoms with Gasteiger partial charge in [-0.25, -0.2) is 14.8 Å². The van der Waals surface area contributed by atoms with Gasteiger partial charge in [-0.2, -0.15) is 0 Å². The first kappa shape index (κ1) is 26.6. The maximum Gasteiger partial charge on any atom is 0.350 e. The Morgan fingerprint density at radius 3 is 2.43 bits per heavy atom. The molecular weight excluding hydrogens is 480 g/mol. The molecule has 0 bridgehead atoms. The van der Waals surface area contributed by atoms with Gasteiger partial charge in [0, 0.05) is 30.6 Å². The third-order valence-corrected chi connectivity index (χ3v) is 4.90. The van der Waals surface area contributed by atoms with E-state index >= 15 is 0 Å². The van der Waals surface area contributed by atoms with E-state index in [1.54, 1.807) is 48.5 Å². The van der Waals surface area contributed by atoms with Gasteiger partial charge in [0.15, 0.2) is 5.82 Å². The SMILES string of the molecule is CC(=O)O.COc1cc(CO)cc(C(Nc2ccc(C(=N)N)cc2)c2nn(-c3ncccn3)c(=O)[nH]2)c1. The quantitative estimate of drug-likeness (QED) is 0.150. The first-order chi connectivity index (χ1) is 17.7. The molecule has 0 saturated heterocycles. The lowest BCUT2D eigenvalue weighted by Crippen LogP contribution is -2.18. The molecule has 13 nitrogen and oxygen atoms in total. The van der Waals surface area contributed by atoms with Crippen LogP contribution in [0.4, 0.5) is 5.69 Å². The van der Waals surface area contributed by atoms with Gasteiger partial charge in [0.25, 0.3) is 11.9 Å². The maximum absolute atomic E-state index is 12.6. The fourth-order valence-electron chi connectivity index (χ4n) is 3.29. The van der Waals surface area contributed by atoms with E-state index in [1.807, 2.05) is 0 Å². The Morgan fingerprint density at radius 1 is 1.22 bits per heavy atom. The highest BCUT2D eigenvalue weighted by molar-refractivity contribution is 5.95. The number of anilines is 1. The first-order valence-electron chi connectivity index (χ1n) is 10.9. The van der Waals surface area contributed by atoms with Gasteiger partial charge in [-0.15, -0.1) is 9.78 Å². The van der Waals surface area contributed by atoms with Crippen molar-refractivity contribution in [1.29, 1.82) is 5.41 Å². The second-order valence-electron chi connectivity index (χ2n) is 7.64. The van der Waals surface area contributed by atoms with Crippen LogP contribution >= 0.6 is 0 Å². The molecule has 0 amide bonds. The molecule has 4 rings (SSSR count). The molecule has 0 radical (unpaired) electrons. The maximum atomic E-state index is 12.6. The zero-order valence-corrected chi connectivity index (χ0v) is 20.0. The molecular formula is C24H26N8O5. The number of amidine groups is 1. The van der Waals surface area contributed by atoms with Crippen molar-refractivity contribution in [2.24, 2.45) is 5.73 Å². The van der Waals surface area contributed by atoms with Crippen LogP contribution in [-0.2, 0) is 11.4 Å². The highest BCUT2D eigenvalue weighted by Crippen LogP contribution is 2.28. The Hall–Kier alpha value is -5.04. The molecule has 7 N–H and O–H groups in total. The number of hydrogen-bond acceptors (Lipinski definition) is 9. The summed E-state index contributed by atoms with van der Waals surface area (Å²) >= 11 is 0. The van der Waals surface area contributed by atoms with Gasteiger partial charge in [0.05, 0.1) is 13.7 Å². The van der Waals surface area contributed by atoms with Gasteiger partial charge in [0.1, 0.15) is 17.6 Å².